The molecular formula is C18H17N3O2. The zero-order chi connectivity index (χ0) is 16.1. The monoisotopic (exact) mass is 307 g/mol. The van der Waals surface area contributed by atoms with Crippen LogP contribution in [0.2, 0.25) is 0 Å². The van der Waals surface area contributed by atoms with E-state index in [1.54, 1.807) is 7.11 Å². The summed E-state index contributed by atoms with van der Waals surface area (Å²) < 4.78 is 5.17. The lowest BCUT2D eigenvalue weighted by atomic mass is 10.1. The van der Waals surface area contributed by atoms with Crippen molar-refractivity contribution in [2.24, 2.45) is 0 Å². The first kappa shape index (κ1) is 15.1. The average molecular weight is 307 g/mol. The summed E-state index contributed by atoms with van der Waals surface area (Å²) in [5, 5.41) is 2.88. The minimum atomic E-state index is -0.240. The quantitative estimate of drug-likeness (QED) is 0.787. The Labute approximate surface area is 134 Å². The Hall–Kier alpha value is -2.79. The van der Waals surface area contributed by atoms with Crippen molar-refractivity contribution in [2.45, 2.75) is 13.2 Å². The molecule has 0 aliphatic heterocycles. The number of fused-ring (bicyclic) bond motifs is 1. The van der Waals surface area contributed by atoms with Crippen molar-refractivity contribution in [3.63, 3.8) is 0 Å². The third kappa shape index (κ3) is 3.52. The molecule has 0 aliphatic carbocycles. The highest BCUT2D eigenvalue weighted by atomic mass is 16.5. The normalized spacial score (nSPS) is 10.7. The largest absolute Gasteiger partial charge is 0.380 e. The number of rotatable bonds is 5. The highest BCUT2D eigenvalue weighted by molar-refractivity contribution is 5.93. The number of nitrogens with zero attached hydrogens (tertiary/aromatic N) is 2. The summed E-state index contributed by atoms with van der Waals surface area (Å²) in [5.41, 5.74) is 3.87. The summed E-state index contributed by atoms with van der Waals surface area (Å²) in [6.07, 6.45) is 1.50. The van der Waals surface area contributed by atoms with E-state index in [-0.39, 0.29) is 5.91 Å². The number of aromatic nitrogens is 2. The SMILES string of the molecule is COCc1ccccc1CNC(=O)c1cnc2ccccc2n1. The second-order valence-corrected chi connectivity index (χ2v) is 5.13. The molecule has 0 unspecified atom stereocenters. The smallest absolute Gasteiger partial charge is 0.271 e. The van der Waals surface area contributed by atoms with Crippen molar-refractivity contribution >= 4 is 16.9 Å². The van der Waals surface area contributed by atoms with Crippen LogP contribution in [0.5, 0.6) is 0 Å². The minimum absolute atomic E-state index is 0.240. The standard InChI is InChI=1S/C18H17N3O2/c1-23-12-14-7-3-2-6-13(14)10-20-18(22)17-11-19-15-8-4-5-9-16(15)21-17/h2-9,11H,10,12H2,1H3,(H,20,22). The molecule has 0 atom stereocenters. The van der Waals surface area contributed by atoms with Gasteiger partial charge in [0.2, 0.25) is 0 Å². The third-order valence-corrected chi connectivity index (χ3v) is 3.54. The first-order chi connectivity index (χ1) is 11.3. The zero-order valence-corrected chi connectivity index (χ0v) is 12.8. The summed E-state index contributed by atoms with van der Waals surface area (Å²) >= 11 is 0. The van der Waals surface area contributed by atoms with Gasteiger partial charge in [-0.25, -0.2) is 4.98 Å². The van der Waals surface area contributed by atoms with Gasteiger partial charge in [-0.3, -0.25) is 9.78 Å². The lowest BCUT2D eigenvalue weighted by molar-refractivity contribution is 0.0945. The number of carbonyl (C=O) groups is 1. The molecule has 0 saturated heterocycles. The molecule has 2 aromatic carbocycles. The second-order valence-electron chi connectivity index (χ2n) is 5.13. The van der Waals surface area contributed by atoms with Gasteiger partial charge in [-0.05, 0) is 23.3 Å². The van der Waals surface area contributed by atoms with E-state index in [0.717, 1.165) is 16.6 Å². The number of benzene rings is 2. The minimum Gasteiger partial charge on any atom is -0.380 e. The van der Waals surface area contributed by atoms with E-state index in [0.29, 0.717) is 24.4 Å². The van der Waals surface area contributed by atoms with Gasteiger partial charge in [0.05, 0.1) is 23.8 Å². The van der Waals surface area contributed by atoms with Crippen LogP contribution in [0.25, 0.3) is 11.0 Å². The van der Waals surface area contributed by atoms with Crippen LogP contribution in [0.1, 0.15) is 21.6 Å². The van der Waals surface area contributed by atoms with Gasteiger partial charge in [0.1, 0.15) is 5.69 Å². The average Bonchev–Trinajstić information content (AvgIpc) is 2.60. The van der Waals surface area contributed by atoms with Crippen LogP contribution in [0.3, 0.4) is 0 Å². The number of hydrogen-bond acceptors (Lipinski definition) is 4. The molecule has 0 spiro atoms. The molecule has 116 valence electrons. The Kier molecular flexibility index (Phi) is 4.59. The van der Waals surface area contributed by atoms with Gasteiger partial charge in [0, 0.05) is 13.7 Å². The predicted octanol–water partition coefficient (Wildman–Crippen LogP) is 2.71. The maximum Gasteiger partial charge on any atom is 0.271 e. The molecule has 0 aliphatic rings. The molecule has 5 heteroatoms. The van der Waals surface area contributed by atoms with Gasteiger partial charge in [-0.15, -0.1) is 0 Å². The van der Waals surface area contributed by atoms with E-state index < -0.39 is 0 Å². The summed E-state index contributed by atoms with van der Waals surface area (Å²) in [5.74, 6) is -0.240. The Morgan fingerprint density at radius 1 is 1.04 bits per heavy atom. The van der Waals surface area contributed by atoms with Gasteiger partial charge < -0.3 is 10.1 Å². The van der Waals surface area contributed by atoms with E-state index in [1.807, 2.05) is 48.5 Å². The van der Waals surface area contributed by atoms with Crippen LogP contribution in [0.4, 0.5) is 0 Å². The Bertz CT molecular complexity index is 833. The number of amides is 1. The van der Waals surface area contributed by atoms with E-state index in [1.165, 1.54) is 6.20 Å². The van der Waals surface area contributed by atoms with Crippen molar-refractivity contribution in [1.82, 2.24) is 15.3 Å². The Balaban J connectivity index is 1.73. The Morgan fingerprint density at radius 2 is 1.74 bits per heavy atom. The molecule has 1 amide bonds. The molecule has 0 radical (unpaired) electrons. The van der Waals surface area contributed by atoms with E-state index in [9.17, 15) is 4.79 Å². The van der Waals surface area contributed by atoms with E-state index in [4.69, 9.17) is 4.74 Å². The number of carbonyl (C=O) groups excluding carboxylic acids is 1. The first-order valence-corrected chi connectivity index (χ1v) is 7.33. The summed E-state index contributed by atoms with van der Waals surface area (Å²) in [6.45, 7) is 0.939. The summed E-state index contributed by atoms with van der Waals surface area (Å²) in [7, 11) is 1.65. The number of nitrogens with one attached hydrogen (secondary N) is 1. The molecule has 1 aromatic heterocycles. The van der Waals surface area contributed by atoms with Gasteiger partial charge in [0.25, 0.3) is 5.91 Å². The molecule has 3 rings (SSSR count). The first-order valence-electron chi connectivity index (χ1n) is 7.33. The van der Waals surface area contributed by atoms with Crippen LogP contribution < -0.4 is 5.32 Å². The van der Waals surface area contributed by atoms with Crippen LogP contribution in [0, 0.1) is 0 Å². The van der Waals surface area contributed by atoms with Crippen molar-refractivity contribution < 1.29 is 9.53 Å². The highest BCUT2D eigenvalue weighted by Crippen LogP contribution is 2.11. The van der Waals surface area contributed by atoms with Crippen LogP contribution in [0.15, 0.2) is 54.7 Å². The van der Waals surface area contributed by atoms with Gasteiger partial charge >= 0.3 is 0 Å². The maximum absolute atomic E-state index is 12.3. The Morgan fingerprint density at radius 3 is 2.52 bits per heavy atom. The highest BCUT2D eigenvalue weighted by Gasteiger charge is 2.10. The van der Waals surface area contributed by atoms with E-state index in [2.05, 4.69) is 15.3 Å². The number of ether oxygens (including phenoxy) is 1. The van der Waals surface area contributed by atoms with Gasteiger partial charge in [0.15, 0.2) is 0 Å². The van der Waals surface area contributed by atoms with Crippen molar-refractivity contribution in [3.8, 4) is 0 Å². The van der Waals surface area contributed by atoms with Gasteiger partial charge in [-0.1, -0.05) is 36.4 Å². The topological polar surface area (TPSA) is 64.1 Å². The van der Waals surface area contributed by atoms with Crippen LogP contribution >= 0.6 is 0 Å². The summed E-state index contributed by atoms with van der Waals surface area (Å²) in [6, 6.07) is 15.3. The van der Waals surface area contributed by atoms with Crippen LogP contribution in [-0.4, -0.2) is 23.0 Å². The number of methoxy groups -OCH3 is 1. The molecule has 1 heterocycles. The second kappa shape index (κ2) is 6.98. The van der Waals surface area contributed by atoms with Gasteiger partial charge in [-0.2, -0.15) is 0 Å². The lowest BCUT2D eigenvalue weighted by Crippen LogP contribution is -2.24. The van der Waals surface area contributed by atoms with Crippen LogP contribution in [-0.2, 0) is 17.9 Å². The zero-order valence-electron chi connectivity index (χ0n) is 12.8. The van der Waals surface area contributed by atoms with Crippen molar-refractivity contribution in [2.75, 3.05) is 7.11 Å². The molecular weight excluding hydrogens is 290 g/mol. The lowest BCUT2D eigenvalue weighted by Gasteiger charge is -2.10. The molecule has 0 fully saturated rings. The molecule has 1 N–H and O–H groups in total. The third-order valence-electron chi connectivity index (χ3n) is 3.54. The number of para-hydroxylation sites is 2. The molecule has 3 aromatic rings. The van der Waals surface area contributed by atoms with Crippen molar-refractivity contribution in [3.05, 3.63) is 71.5 Å². The number of hydrogen-bond donors (Lipinski definition) is 1. The molecule has 0 saturated carbocycles. The molecule has 5 nitrogen and oxygen atoms in total. The molecule has 23 heavy (non-hydrogen) atoms. The van der Waals surface area contributed by atoms with Crippen molar-refractivity contribution in [1.29, 1.82) is 0 Å². The fourth-order valence-electron chi connectivity index (χ4n) is 2.36. The molecule has 0 bridgehead atoms. The predicted molar refractivity (Wildman–Crippen MR) is 87.9 cm³/mol. The fourth-order valence-corrected chi connectivity index (χ4v) is 2.36. The summed E-state index contributed by atoms with van der Waals surface area (Å²) in [4.78, 5) is 20.9. The van der Waals surface area contributed by atoms with E-state index >= 15 is 0 Å². The fraction of sp³-hybridized carbons (Fsp3) is 0.167. The maximum atomic E-state index is 12.3.